The third kappa shape index (κ3) is 6.86. The van der Waals surface area contributed by atoms with Crippen molar-refractivity contribution in [2.75, 3.05) is 20.1 Å². The fourth-order valence-corrected chi connectivity index (χ4v) is 2.47. The van der Waals surface area contributed by atoms with E-state index in [4.69, 9.17) is 0 Å². The average Bonchev–Trinajstić information content (AvgIpc) is 2.64. The van der Waals surface area contributed by atoms with E-state index in [1.165, 1.54) is 23.8 Å². The Morgan fingerprint density at radius 3 is 2.50 bits per heavy atom. The minimum absolute atomic E-state index is 0.0335. The number of hydrogen-bond donors (Lipinski definition) is 1. The summed E-state index contributed by atoms with van der Waals surface area (Å²) < 4.78 is 0. The lowest BCUT2D eigenvalue weighted by molar-refractivity contribution is -0.384. The number of nitrogens with zero attached hydrogens (tertiary/aromatic N) is 2. The van der Waals surface area contributed by atoms with Crippen LogP contribution < -0.4 is 5.32 Å². The molecule has 0 fully saturated rings. The molecular weight excluding hydrogens is 330 g/mol. The summed E-state index contributed by atoms with van der Waals surface area (Å²) in [5.74, 6) is -0.172. The first kappa shape index (κ1) is 19.3. The number of carbonyl (C=O) groups is 1. The Bertz CT molecular complexity index is 743. The van der Waals surface area contributed by atoms with Crippen LogP contribution in [-0.2, 0) is 11.3 Å². The van der Waals surface area contributed by atoms with Gasteiger partial charge in [-0.25, -0.2) is 0 Å². The van der Waals surface area contributed by atoms with Gasteiger partial charge in [0.05, 0.1) is 4.92 Å². The first-order chi connectivity index (χ1) is 12.5. The van der Waals surface area contributed by atoms with Crippen molar-refractivity contribution in [2.24, 2.45) is 0 Å². The number of nitrogens with one attached hydrogen (secondary N) is 1. The Hall–Kier alpha value is -2.99. The molecule has 0 atom stereocenters. The van der Waals surface area contributed by atoms with E-state index in [1.807, 2.05) is 18.2 Å². The molecule has 0 spiro atoms. The summed E-state index contributed by atoms with van der Waals surface area (Å²) in [6.07, 6.45) is 3.94. The van der Waals surface area contributed by atoms with Gasteiger partial charge >= 0.3 is 0 Å². The summed E-state index contributed by atoms with van der Waals surface area (Å²) in [7, 11) is 2.06. The highest BCUT2D eigenvalue weighted by Gasteiger charge is 2.03. The van der Waals surface area contributed by atoms with Crippen molar-refractivity contribution in [3.05, 3.63) is 81.9 Å². The van der Waals surface area contributed by atoms with E-state index in [9.17, 15) is 14.9 Å². The third-order valence-electron chi connectivity index (χ3n) is 3.84. The fourth-order valence-electron chi connectivity index (χ4n) is 2.47. The molecule has 0 saturated heterocycles. The number of nitro benzene ring substituents is 1. The lowest BCUT2D eigenvalue weighted by atomic mass is 10.2. The SMILES string of the molecule is CN(CCCNC(=O)/C=C/c1ccc([N+](=O)[O-])cc1)Cc1ccccc1. The Labute approximate surface area is 153 Å². The molecule has 0 aliphatic heterocycles. The monoisotopic (exact) mass is 353 g/mol. The van der Waals surface area contributed by atoms with E-state index < -0.39 is 4.92 Å². The van der Waals surface area contributed by atoms with Gasteiger partial charge in [-0.1, -0.05) is 30.3 Å². The summed E-state index contributed by atoms with van der Waals surface area (Å²) in [5.41, 5.74) is 2.05. The molecule has 6 nitrogen and oxygen atoms in total. The molecule has 136 valence electrons. The second-order valence-corrected chi connectivity index (χ2v) is 6.05. The maximum atomic E-state index is 11.8. The van der Waals surface area contributed by atoms with Crippen molar-refractivity contribution in [1.29, 1.82) is 0 Å². The molecule has 0 heterocycles. The Kier molecular flexibility index (Phi) is 7.51. The van der Waals surface area contributed by atoms with Crippen molar-refractivity contribution in [2.45, 2.75) is 13.0 Å². The van der Waals surface area contributed by atoms with E-state index in [0.717, 1.165) is 25.1 Å². The molecule has 6 heteroatoms. The van der Waals surface area contributed by atoms with E-state index in [0.29, 0.717) is 6.54 Å². The molecule has 2 rings (SSSR count). The molecule has 0 bridgehead atoms. The zero-order valence-corrected chi connectivity index (χ0v) is 14.8. The summed E-state index contributed by atoms with van der Waals surface area (Å²) in [4.78, 5) is 24.2. The zero-order valence-electron chi connectivity index (χ0n) is 14.8. The first-order valence-corrected chi connectivity index (χ1v) is 8.47. The molecule has 26 heavy (non-hydrogen) atoms. The molecule has 0 radical (unpaired) electrons. The largest absolute Gasteiger partial charge is 0.353 e. The zero-order chi connectivity index (χ0) is 18.8. The van der Waals surface area contributed by atoms with E-state index >= 15 is 0 Å². The number of nitro groups is 1. The van der Waals surface area contributed by atoms with Crippen LogP contribution in [-0.4, -0.2) is 35.9 Å². The van der Waals surface area contributed by atoms with Crippen molar-refractivity contribution in [3.8, 4) is 0 Å². The summed E-state index contributed by atoms with van der Waals surface area (Å²) in [5, 5.41) is 13.4. The van der Waals surface area contributed by atoms with Gasteiger partial charge < -0.3 is 10.2 Å². The van der Waals surface area contributed by atoms with Crippen molar-refractivity contribution in [3.63, 3.8) is 0 Å². The average molecular weight is 353 g/mol. The molecule has 0 aliphatic rings. The predicted molar refractivity (Wildman–Crippen MR) is 103 cm³/mol. The molecule has 0 unspecified atom stereocenters. The highest BCUT2D eigenvalue weighted by molar-refractivity contribution is 5.91. The van der Waals surface area contributed by atoms with Crippen molar-refractivity contribution in [1.82, 2.24) is 10.2 Å². The first-order valence-electron chi connectivity index (χ1n) is 8.47. The van der Waals surface area contributed by atoms with Crippen LogP contribution in [0.15, 0.2) is 60.7 Å². The van der Waals surface area contributed by atoms with Gasteiger partial charge in [-0.15, -0.1) is 0 Å². The van der Waals surface area contributed by atoms with Gasteiger partial charge in [-0.3, -0.25) is 14.9 Å². The molecule has 0 saturated carbocycles. The molecule has 2 aromatic rings. The lowest BCUT2D eigenvalue weighted by Gasteiger charge is -2.16. The topological polar surface area (TPSA) is 75.5 Å². The number of carbonyl (C=O) groups excluding carboxylic acids is 1. The van der Waals surface area contributed by atoms with Gasteiger partial charge in [-0.2, -0.15) is 0 Å². The van der Waals surface area contributed by atoms with Crippen molar-refractivity contribution < 1.29 is 9.72 Å². The quantitative estimate of drug-likeness (QED) is 0.325. The minimum Gasteiger partial charge on any atom is -0.353 e. The standard InChI is InChI=1S/C20H23N3O3/c1-22(16-18-6-3-2-4-7-18)15-5-14-21-20(24)13-10-17-8-11-19(12-9-17)23(25)26/h2-4,6-13H,5,14-16H2,1H3,(H,21,24)/b13-10+. The van der Waals surface area contributed by atoms with E-state index in [1.54, 1.807) is 18.2 Å². The maximum absolute atomic E-state index is 11.8. The minimum atomic E-state index is -0.449. The van der Waals surface area contributed by atoms with Crippen LogP contribution in [0.3, 0.4) is 0 Å². The number of non-ortho nitro benzene ring substituents is 1. The Morgan fingerprint density at radius 1 is 1.15 bits per heavy atom. The van der Waals surface area contributed by atoms with Gasteiger partial charge in [0.1, 0.15) is 0 Å². The van der Waals surface area contributed by atoms with Gasteiger partial charge in [0.2, 0.25) is 5.91 Å². The number of rotatable bonds is 9. The Balaban J connectivity index is 1.66. The molecule has 1 amide bonds. The van der Waals surface area contributed by atoms with Crippen LogP contribution >= 0.6 is 0 Å². The number of hydrogen-bond acceptors (Lipinski definition) is 4. The van der Waals surface area contributed by atoms with Crippen LogP contribution in [0.1, 0.15) is 17.5 Å². The molecule has 0 aromatic heterocycles. The van der Waals surface area contributed by atoms with Crippen molar-refractivity contribution >= 4 is 17.7 Å². The summed E-state index contributed by atoms with van der Waals surface area (Å²) >= 11 is 0. The predicted octanol–water partition coefficient (Wildman–Crippen LogP) is 3.25. The van der Waals surface area contributed by atoms with Gasteiger partial charge in [0, 0.05) is 31.3 Å². The second-order valence-electron chi connectivity index (χ2n) is 6.05. The highest BCUT2D eigenvalue weighted by Crippen LogP contribution is 2.12. The van der Waals surface area contributed by atoms with Crippen LogP contribution in [0.4, 0.5) is 5.69 Å². The highest BCUT2D eigenvalue weighted by atomic mass is 16.6. The normalized spacial score (nSPS) is 11.0. The van der Waals surface area contributed by atoms with Crippen LogP contribution in [0, 0.1) is 10.1 Å². The smallest absolute Gasteiger partial charge is 0.269 e. The van der Waals surface area contributed by atoms with Gasteiger partial charge in [0.25, 0.3) is 5.69 Å². The Morgan fingerprint density at radius 2 is 1.85 bits per heavy atom. The second kappa shape index (κ2) is 10.1. The lowest BCUT2D eigenvalue weighted by Crippen LogP contribution is -2.26. The van der Waals surface area contributed by atoms with Gasteiger partial charge in [0.15, 0.2) is 0 Å². The summed E-state index contributed by atoms with van der Waals surface area (Å²) in [6.45, 7) is 2.37. The maximum Gasteiger partial charge on any atom is 0.269 e. The van der Waals surface area contributed by atoms with E-state index in [-0.39, 0.29) is 11.6 Å². The van der Waals surface area contributed by atoms with Crippen LogP contribution in [0.25, 0.3) is 6.08 Å². The number of amides is 1. The fraction of sp³-hybridized carbons (Fsp3) is 0.250. The molecule has 2 aromatic carbocycles. The summed E-state index contributed by atoms with van der Waals surface area (Å²) in [6, 6.07) is 16.3. The van der Waals surface area contributed by atoms with Gasteiger partial charge in [-0.05, 0) is 49.3 Å². The van der Waals surface area contributed by atoms with E-state index in [2.05, 4.69) is 29.4 Å². The van der Waals surface area contributed by atoms with Crippen LogP contribution in [0.5, 0.6) is 0 Å². The van der Waals surface area contributed by atoms with Crippen LogP contribution in [0.2, 0.25) is 0 Å². The molecule has 1 N–H and O–H groups in total. The molecule has 0 aliphatic carbocycles. The number of benzene rings is 2. The third-order valence-corrected chi connectivity index (χ3v) is 3.84. The molecular formula is C20H23N3O3.